The van der Waals surface area contributed by atoms with Gasteiger partial charge in [-0.2, -0.15) is 0 Å². The maximum Gasteiger partial charge on any atom is 0.265 e. The molecule has 1 unspecified atom stereocenters. The van der Waals surface area contributed by atoms with Crippen molar-refractivity contribution in [3.05, 3.63) is 90.0 Å². The molecule has 0 fully saturated rings. The summed E-state index contributed by atoms with van der Waals surface area (Å²) in [6.07, 6.45) is 0.224. The summed E-state index contributed by atoms with van der Waals surface area (Å²) in [4.78, 5) is 12.5. The number of benzene rings is 3. The molecule has 4 heteroatoms. The van der Waals surface area contributed by atoms with Gasteiger partial charge in [0, 0.05) is 18.2 Å². The molecule has 1 atom stereocenters. The van der Waals surface area contributed by atoms with Crippen molar-refractivity contribution < 1.29 is 14.3 Å². The molecular weight excluding hydrogens is 350 g/mol. The van der Waals surface area contributed by atoms with Gasteiger partial charge in [0.2, 0.25) is 0 Å². The number of para-hydroxylation sites is 1. The normalized spacial score (nSPS) is 11.5. The van der Waals surface area contributed by atoms with Crippen LogP contribution < -0.4 is 14.8 Å². The van der Waals surface area contributed by atoms with Gasteiger partial charge >= 0.3 is 0 Å². The molecule has 3 rings (SSSR count). The molecule has 4 nitrogen and oxygen atoms in total. The number of hydrogen-bond acceptors (Lipinski definition) is 3. The third kappa shape index (κ3) is 5.61. The smallest absolute Gasteiger partial charge is 0.265 e. The predicted molar refractivity (Wildman–Crippen MR) is 112 cm³/mol. The minimum absolute atomic E-state index is 0.204. The molecule has 1 amide bonds. The molecule has 0 spiro atoms. The Morgan fingerprint density at radius 1 is 0.964 bits per heavy atom. The molecular formula is C24H25NO3. The van der Waals surface area contributed by atoms with Gasteiger partial charge in [0.25, 0.3) is 5.91 Å². The molecule has 0 saturated carbocycles. The number of nitrogens with one attached hydrogen (secondary N) is 1. The van der Waals surface area contributed by atoms with Gasteiger partial charge in [-0.15, -0.1) is 0 Å². The number of anilines is 1. The summed E-state index contributed by atoms with van der Waals surface area (Å²) < 4.78 is 11.6. The quantitative estimate of drug-likeness (QED) is 0.601. The Bertz CT molecular complexity index is 908. The first kappa shape index (κ1) is 19.5. The SMILES string of the molecule is Cc1ccccc1OC(C)C(=O)Nc1cccc(OCCc2ccccc2)c1. The zero-order chi connectivity index (χ0) is 19.8. The number of amides is 1. The van der Waals surface area contributed by atoms with E-state index in [2.05, 4.69) is 17.4 Å². The summed E-state index contributed by atoms with van der Waals surface area (Å²) in [5, 5.41) is 2.89. The van der Waals surface area contributed by atoms with E-state index in [9.17, 15) is 4.79 Å². The molecule has 0 aliphatic heterocycles. The Hall–Kier alpha value is -3.27. The van der Waals surface area contributed by atoms with Crippen LogP contribution in [0.3, 0.4) is 0 Å². The van der Waals surface area contributed by atoms with Crippen LogP contribution in [-0.4, -0.2) is 18.6 Å². The predicted octanol–water partition coefficient (Wildman–Crippen LogP) is 5.02. The Kier molecular flexibility index (Phi) is 6.68. The first-order valence-electron chi connectivity index (χ1n) is 9.42. The van der Waals surface area contributed by atoms with Crippen molar-refractivity contribution >= 4 is 11.6 Å². The summed E-state index contributed by atoms with van der Waals surface area (Å²) in [6.45, 7) is 4.27. The van der Waals surface area contributed by atoms with E-state index in [0.29, 0.717) is 18.0 Å². The molecule has 144 valence electrons. The number of aryl methyl sites for hydroxylation is 1. The third-order valence-electron chi connectivity index (χ3n) is 4.37. The van der Waals surface area contributed by atoms with Crippen LogP contribution in [0, 0.1) is 6.92 Å². The van der Waals surface area contributed by atoms with Crippen LogP contribution in [0.5, 0.6) is 11.5 Å². The molecule has 1 N–H and O–H groups in total. The standard InChI is InChI=1S/C24H25NO3/c1-18-9-6-7-14-23(18)28-19(2)24(26)25-21-12-8-13-22(17-21)27-16-15-20-10-4-3-5-11-20/h3-14,17,19H,15-16H2,1-2H3,(H,25,26). The van der Waals surface area contributed by atoms with Gasteiger partial charge in [0.1, 0.15) is 11.5 Å². The van der Waals surface area contributed by atoms with Gasteiger partial charge in [-0.25, -0.2) is 0 Å². The van der Waals surface area contributed by atoms with Crippen molar-refractivity contribution in [2.45, 2.75) is 26.4 Å². The molecule has 0 radical (unpaired) electrons. The average Bonchev–Trinajstić information content (AvgIpc) is 2.71. The highest BCUT2D eigenvalue weighted by atomic mass is 16.5. The zero-order valence-electron chi connectivity index (χ0n) is 16.2. The maximum absolute atomic E-state index is 12.5. The van der Waals surface area contributed by atoms with E-state index in [0.717, 1.165) is 17.7 Å². The van der Waals surface area contributed by atoms with E-state index in [1.54, 1.807) is 6.92 Å². The fourth-order valence-electron chi connectivity index (χ4n) is 2.77. The van der Waals surface area contributed by atoms with E-state index in [4.69, 9.17) is 9.47 Å². The van der Waals surface area contributed by atoms with Gasteiger partial charge in [-0.1, -0.05) is 54.6 Å². The van der Waals surface area contributed by atoms with E-state index in [-0.39, 0.29) is 5.91 Å². The van der Waals surface area contributed by atoms with Gasteiger partial charge < -0.3 is 14.8 Å². The zero-order valence-corrected chi connectivity index (χ0v) is 16.2. The lowest BCUT2D eigenvalue weighted by Crippen LogP contribution is -2.30. The molecule has 0 aromatic heterocycles. The van der Waals surface area contributed by atoms with Gasteiger partial charge in [0.05, 0.1) is 6.61 Å². The van der Waals surface area contributed by atoms with Crippen molar-refractivity contribution in [1.29, 1.82) is 0 Å². The summed E-state index contributed by atoms with van der Waals surface area (Å²) >= 11 is 0. The van der Waals surface area contributed by atoms with Crippen molar-refractivity contribution in [3.63, 3.8) is 0 Å². The molecule has 0 heterocycles. The monoisotopic (exact) mass is 375 g/mol. The highest BCUT2D eigenvalue weighted by Crippen LogP contribution is 2.20. The second-order valence-corrected chi connectivity index (χ2v) is 6.63. The Labute approximate surface area is 166 Å². The summed E-state index contributed by atoms with van der Waals surface area (Å²) in [5.74, 6) is 1.23. The molecule has 0 aliphatic carbocycles. The van der Waals surface area contributed by atoms with E-state index in [1.807, 2.05) is 73.7 Å². The maximum atomic E-state index is 12.5. The fourth-order valence-corrected chi connectivity index (χ4v) is 2.77. The second kappa shape index (κ2) is 9.60. The van der Waals surface area contributed by atoms with Crippen molar-refractivity contribution in [3.8, 4) is 11.5 Å². The summed E-state index contributed by atoms with van der Waals surface area (Å²) in [5.41, 5.74) is 2.91. The summed E-state index contributed by atoms with van der Waals surface area (Å²) in [7, 11) is 0. The Balaban J connectivity index is 1.53. The van der Waals surface area contributed by atoms with Crippen LogP contribution in [0.15, 0.2) is 78.9 Å². The highest BCUT2D eigenvalue weighted by molar-refractivity contribution is 5.94. The minimum Gasteiger partial charge on any atom is -0.493 e. The minimum atomic E-state index is -0.608. The van der Waals surface area contributed by atoms with E-state index < -0.39 is 6.10 Å². The van der Waals surface area contributed by atoms with Crippen LogP contribution in [0.25, 0.3) is 0 Å². The number of hydrogen-bond donors (Lipinski definition) is 1. The molecule has 28 heavy (non-hydrogen) atoms. The lowest BCUT2D eigenvalue weighted by Gasteiger charge is -2.16. The Morgan fingerprint density at radius 3 is 2.50 bits per heavy atom. The van der Waals surface area contributed by atoms with Gasteiger partial charge in [-0.3, -0.25) is 4.79 Å². The van der Waals surface area contributed by atoms with Crippen LogP contribution in [0.4, 0.5) is 5.69 Å². The van der Waals surface area contributed by atoms with Gasteiger partial charge in [0.15, 0.2) is 6.10 Å². The first-order chi connectivity index (χ1) is 13.6. The summed E-state index contributed by atoms with van der Waals surface area (Å²) in [6, 6.07) is 25.2. The van der Waals surface area contributed by atoms with Gasteiger partial charge in [-0.05, 0) is 43.2 Å². The average molecular weight is 375 g/mol. The van der Waals surface area contributed by atoms with Crippen molar-refractivity contribution in [2.75, 3.05) is 11.9 Å². The second-order valence-electron chi connectivity index (χ2n) is 6.63. The number of ether oxygens (including phenoxy) is 2. The fraction of sp³-hybridized carbons (Fsp3) is 0.208. The van der Waals surface area contributed by atoms with Crippen LogP contribution in [0.2, 0.25) is 0 Å². The molecule has 0 aliphatic rings. The molecule has 3 aromatic carbocycles. The van der Waals surface area contributed by atoms with E-state index >= 15 is 0 Å². The lowest BCUT2D eigenvalue weighted by atomic mass is 10.2. The largest absolute Gasteiger partial charge is 0.493 e. The van der Waals surface area contributed by atoms with Crippen LogP contribution >= 0.6 is 0 Å². The van der Waals surface area contributed by atoms with E-state index in [1.165, 1.54) is 5.56 Å². The highest BCUT2D eigenvalue weighted by Gasteiger charge is 2.16. The molecule has 3 aromatic rings. The molecule has 0 saturated heterocycles. The number of carbonyl (C=O) groups is 1. The number of rotatable bonds is 8. The Morgan fingerprint density at radius 2 is 1.71 bits per heavy atom. The number of carbonyl (C=O) groups excluding carboxylic acids is 1. The lowest BCUT2D eigenvalue weighted by molar-refractivity contribution is -0.122. The topological polar surface area (TPSA) is 47.6 Å². The third-order valence-corrected chi connectivity index (χ3v) is 4.37. The van der Waals surface area contributed by atoms with Crippen LogP contribution in [0.1, 0.15) is 18.1 Å². The first-order valence-corrected chi connectivity index (χ1v) is 9.42. The van der Waals surface area contributed by atoms with Crippen molar-refractivity contribution in [2.24, 2.45) is 0 Å². The molecule has 0 bridgehead atoms. The van der Waals surface area contributed by atoms with Crippen molar-refractivity contribution in [1.82, 2.24) is 0 Å². The van der Waals surface area contributed by atoms with Crippen LogP contribution in [-0.2, 0) is 11.2 Å².